The molecule has 1 aromatic heterocycles. The van der Waals surface area contributed by atoms with Crippen LogP contribution >= 0.6 is 0 Å². The molecule has 5 heteroatoms. The summed E-state index contributed by atoms with van der Waals surface area (Å²) in [6.45, 7) is 1.09. The molecule has 0 aliphatic carbocycles. The Morgan fingerprint density at radius 3 is 2.50 bits per heavy atom. The summed E-state index contributed by atoms with van der Waals surface area (Å²) >= 11 is 0. The van der Waals surface area contributed by atoms with Crippen LogP contribution in [0.2, 0.25) is 0 Å². The summed E-state index contributed by atoms with van der Waals surface area (Å²) in [5.74, 6) is 1.16. The SMILES string of the molecule is O=C(CNCc1ccc(CO)o1)NCc1ccccc1. The molecule has 5 nitrogen and oxygen atoms in total. The zero-order chi connectivity index (χ0) is 14.2. The minimum atomic E-state index is -0.114. The largest absolute Gasteiger partial charge is 0.462 e. The van der Waals surface area contributed by atoms with Crippen molar-refractivity contribution in [3.05, 3.63) is 59.5 Å². The Hall–Kier alpha value is -2.11. The number of furan rings is 1. The van der Waals surface area contributed by atoms with Gasteiger partial charge in [-0.15, -0.1) is 0 Å². The van der Waals surface area contributed by atoms with Crippen LogP contribution in [0.3, 0.4) is 0 Å². The molecule has 0 atom stereocenters. The first-order valence-corrected chi connectivity index (χ1v) is 6.47. The van der Waals surface area contributed by atoms with Crippen molar-refractivity contribution in [3.8, 4) is 0 Å². The van der Waals surface area contributed by atoms with E-state index >= 15 is 0 Å². The van der Waals surface area contributed by atoms with Gasteiger partial charge in [-0.2, -0.15) is 0 Å². The van der Waals surface area contributed by atoms with E-state index in [4.69, 9.17) is 9.52 Å². The monoisotopic (exact) mass is 274 g/mol. The molecule has 106 valence electrons. The second kappa shape index (κ2) is 7.47. The number of carbonyl (C=O) groups is 1. The fourth-order valence-electron chi connectivity index (χ4n) is 1.76. The number of nitrogens with one attached hydrogen (secondary N) is 2. The zero-order valence-electron chi connectivity index (χ0n) is 11.1. The van der Waals surface area contributed by atoms with Gasteiger partial charge in [0.2, 0.25) is 5.91 Å². The van der Waals surface area contributed by atoms with Gasteiger partial charge in [0.1, 0.15) is 18.1 Å². The smallest absolute Gasteiger partial charge is 0.234 e. The third-order valence-corrected chi connectivity index (χ3v) is 2.79. The van der Waals surface area contributed by atoms with Crippen molar-refractivity contribution < 1.29 is 14.3 Å². The van der Waals surface area contributed by atoms with Crippen LogP contribution in [0.15, 0.2) is 46.9 Å². The lowest BCUT2D eigenvalue weighted by Crippen LogP contribution is -2.33. The van der Waals surface area contributed by atoms with Gasteiger partial charge >= 0.3 is 0 Å². The standard InChI is InChI=1S/C15H18N2O3/c18-11-14-7-6-13(20-14)9-16-10-15(19)17-8-12-4-2-1-3-5-12/h1-7,16,18H,8-11H2,(H,17,19). The Bertz CT molecular complexity index is 537. The molecule has 0 saturated carbocycles. The second-order valence-corrected chi connectivity index (χ2v) is 4.39. The van der Waals surface area contributed by atoms with Gasteiger partial charge in [-0.1, -0.05) is 30.3 Å². The van der Waals surface area contributed by atoms with Gasteiger partial charge in [0.15, 0.2) is 0 Å². The number of carbonyl (C=O) groups excluding carboxylic acids is 1. The van der Waals surface area contributed by atoms with E-state index in [-0.39, 0.29) is 19.1 Å². The van der Waals surface area contributed by atoms with Gasteiger partial charge in [0.05, 0.1) is 13.1 Å². The van der Waals surface area contributed by atoms with E-state index in [1.165, 1.54) is 0 Å². The molecule has 0 bridgehead atoms. The Morgan fingerprint density at radius 1 is 1.05 bits per heavy atom. The molecular weight excluding hydrogens is 256 g/mol. The van der Waals surface area contributed by atoms with Crippen molar-refractivity contribution >= 4 is 5.91 Å². The van der Waals surface area contributed by atoms with E-state index in [1.54, 1.807) is 12.1 Å². The lowest BCUT2D eigenvalue weighted by atomic mass is 10.2. The summed E-state index contributed by atoms with van der Waals surface area (Å²) in [6.07, 6.45) is 0. The predicted molar refractivity (Wildman–Crippen MR) is 74.6 cm³/mol. The second-order valence-electron chi connectivity index (χ2n) is 4.39. The number of hydrogen-bond acceptors (Lipinski definition) is 4. The summed E-state index contributed by atoms with van der Waals surface area (Å²) in [5, 5.41) is 14.7. The van der Waals surface area contributed by atoms with E-state index in [2.05, 4.69) is 10.6 Å². The van der Waals surface area contributed by atoms with Crippen molar-refractivity contribution in [2.75, 3.05) is 6.54 Å². The Kier molecular flexibility index (Phi) is 5.34. The van der Waals surface area contributed by atoms with Crippen LogP contribution in [-0.2, 0) is 24.5 Å². The van der Waals surface area contributed by atoms with E-state index in [0.29, 0.717) is 24.6 Å². The van der Waals surface area contributed by atoms with Crippen molar-refractivity contribution in [1.82, 2.24) is 10.6 Å². The summed E-state index contributed by atoms with van der Waals surface area (Å²) in [7, 11) is 0. The average molecular weight is 274 g/mol. The van der Waals surface area contributed by atoms with Crippen LogP contribution in [0, 0.1) is 0 Å². The van der Waals surface area contributed by atoms with Crippen LogP contribution in [0.1, 0.15) is 17.1 Å². The van der Waals surface area contributed by atoms with Crippen molar-refractivity contribution in [3.63, 3.8) is 0 Å². The third-order valence-electron chi connectivity index (χ3n) is 2.79. The molecular formula is C15H18N2O3. The molecule has 20 heavy (non-hydrogen) atoms. The number of amides is 1. The summed E-state index contributed by atoms with van der Waals surface area (Å²) in [4.78, 5) is 11.6. The van der Waals surface area contributed by atoms with Crippen molar-refractivity contribution in [2.45, 2.75) is 19.7 Å². The first-order chi connectivity index (χ1) is 9.78. The highest BCUT2D eigenvalue weighted by atomic mass is 16.4. The summed E-state index contributed by atoms with van der Waals surface area (Å²) in [6, 6.07) is 13.2. The average Bonchev–Trinajstić information content (AvgIpc) is 2.94. The van der Waals surface area contributed by atoms with E-state index in [0.717, 1.165) is 5.56 Å². The van der Waals surface area contributed by atoms with Crippen LogP contribution in [-0.4, -0.2) is 17.6 Å². The number of aliphatic hydroxyl groups is 1. The normalized spacial score (nSPS) is 10.4. The number of rotatable bonds is 7. The van der Waals surface area contributed by atoms with Gasteiger partial charge in [0.25, 0.3) is 0 Å². The molecule has 0 fully saturated rings. The van der Waals surface area contributed by atoms with Crippen molar-refractivity contribution in [1.29, 1.82) is 0 Å². The van der Waals surface area contributed by atoms with Crippen LogP contribution in [0.25, 0.3) is 0 Å². The van der Waals surface area contributed by atoms with Gasteiger partial charge in [-0.05, 0) is 17.7 Å². The molecule has 2 rings (SSSR count). The van der Waals surface area contributed by atoms with Crippen LogP contribution in [0.4, 0.5) is 0 Å². The molecule has 0 aliphatic heterocycles. The lowest BCUT2D eigenvalue weighted by Gasteiger charge is -2.06. The molecule has 3 N–H and O–H groups in total. The van der Waals surface area contributed by atoms with Gasteiger partial charge in [-0.25, -0.2) is 0 Å². The highest BCUT2D eigenvalue weighted by Crippen LogP contribution is 2.06. The molecule has 2 aromatic rings. The lowest BCUT2D eigenvalue weighted by molar-refractivity contribution is -0.120. The highest BCUT2D eigenvalue weighted by Gasteiger charge is 2.03. The summed E-state index contributed by atoms with van der Waals surface area (Å²) < 4.78 is 5.30. The number of hydrogen-bond donors (Lipinski definition) is 3. The molecule has 1 amide bonds. The molecule has 0 saturated heterocycles. The molecule has 0 unspecified atom stereocenters. The molecule has 0 aliphatic rings. The first kappa shape index (κ1) is 14.3. The Balaban J connectivity index is 1.65. The van der Waals surface area contributed by atoms with E-state index < -0.39 is 0 Å². The summed E-state index contributed by atoms with van der Waals surface area (Å²) in [5.41, 5.74) is 1.07. The highest BCUT2D eigenvalue weighted by molar-refractivity contribution is 5.77. The van der Waals surface area contributed by atoms with Gasteiger partial charge < -0.3 is 20.2 Å². The molecule has 0 spiro atoms. The minimum Gasteiger partial charge on any atom is -0.462 e. The zero-order valence-corrected chi connectivity index (χ0v) is 11.1. The van der Waals surface area contributed by atoms with Gasteiger partial charge in [-0.3, -0.25) is 4.79 Å². The van der Waals surface area contributed by atoms with Crippen LogP contribution in [0.5, 0.6) is 0 Å². The fourth-order valence-corrected chi connectivity index (χ4v) is 1.76. The fraction of sp³-hybridized carbons (Fsp3) is 0.267. The Labute approximate surface area is 117 Å². The third kappa shape index (κ3) is 4.53. The molecule has 1 aromatic carbocycles. The number of benzene rings is 1. The van der Waals surface area contributed by atoms with E-state index in [9.17, 15) is 4.79 Å². The molecule has 1 heterocycles. The first-order valence-electron chi connectivity index (χ1n) is 6.47. The minimum absolute atomic E-state index is 0.0669. The quantitative estimate of drug-likeness (QED) is 0.708. The van der Waals surface area contributed by atoms with E-state index in [1.807, 2.05) is 30.3 Å². The predicted octanol–water partition coefficient (Wildman–Crippen LogP) is 1.18. The Morgan fingerprint density at radius 2 is 1.80 bits per heavy atom. The maximum Gasteiger partial charge on any atom is 0.234 e. The molecule has 0 radical (unpaired) electrons. The van der Waals surface area contributed by atoms with Crippen LogP contribution < -0.4 is 10.6 Å². The maximum atomic E-state index is 11.6. The van der Waals surface area contributed by atoms with Gasteiger partial charge in [0, 0.05) is 6.54 Å². The maximum absolute atomic E-state index is 11.6. The topological polar surface area (TPSA) is 74.5 Å². The number of aliphatic hydroxyl groups excluding tert-OH is 1. The van der Waals surface area contributed by atoms with Crippen molar-refractivity contribution in [2.24, 2.45) is 0 Å².